The van der Waals surface area contributed by atoms with Crippen LogP contribution in [0.15, 0.2) is 71.2 Å². The number of carbonyl (C=O) groups excluding carboxylic acids is 1. The Morgan fingerprint density at radius 1 is 1.06 bits per heavy atom. The minimum absolute atomic E-state index is 0.320. The van der Waals surface area contributed by atoms with Crippen LogP contribution >= 0.6 is 27.3 Å². The molecule has 164 valence electrons. The maximum absolute atomic E-state index is 12.6. The fraction of sp³-hybridized carbons (Fsp3) is 0.130. The summed E-state index contributed by atoms with van der Waals surface area (Å²) >= 11 is 4.94. The molecule has 0 radical (unpaired) electrons. The number of rotatable bonds is 6. The van der Waals surface area contributed by atoms with Gasteiger partial charge in [-0.2, -0.15) is 0 Å². The van der Waals surface area contributed by atoms with Crippen molar-refractivity contribution in [2.24, 2.45) is 0 Å². The Labute approximate surface area is 199 Å². The summed E-state index contributed by atoms with van der Waals surface area (Å²) in [4.78, 5) is 17.3. The highest BCUT2D eigenvalue weighted by Gasteiger charge is 2.21. The molecule has 1 aromatic heterocycles. The first-order chi connectivity index (χ1) is 15.2. The minimum Gasteiger partial charge on any atom is -0.325 e. The average Bonchev–Trinajstić information content (AvgIpc) is 3.16. The van der Waals surface area contributed by atoms with Crippen molar-refractivity contribution in [3.05, 3.63) is 76.8 Å². The van der Waals surface area contributed by atoms with Crippen molar-refractivity contribution < 1.29 is 13.2 Å². The largest absolute Gasteiger partial charge is 0.325 e. The van der Waals surface area contributed by atoms with E-state index in [4.69, 9.17) is 0 Å². The summed E-state index contributed by atoms with van der Waals surface area (Å²) in [5, 5.41) is 3.67. The number of benzene rings is 3. The van der Waals surface area contributed by atoms with Crippen molar-refractivity contribution in [2.45, 2.75) is 6.92 Å². The van der Waals surface area contributed by atoms with Gasteiger partial charge in [-0.1, -0.05) is 22.0 Å². The summed E-state index contributed by atoms with van der Waals surface area (Å²) in [6.07, 6.45) is 1.08. The van der Waals surface area contributed by atoms with E-state index >= 15 is 0 Å². The fourth-order valence-electron chi connectivity index (χ4n) is 3.19. The number of fused-ring (bicyclic) bond motifs is 1. The molecule has 0 spiro atoms. The monoisotopic (exact) mass is 529 g/mol. The third-order valence-electron chi connectivity index (χ3n) is 4.76. The summed E-state index contributed by atoms with van der Waals surface area (Å²) in [5.41, 5.74) is 4.11. The number of amides is 1. The van der Waals surface area contributed by atoms with Crippen molar-refractivity contribution in [3.8, 4) is 10.6 Å². The number of nitrogens with zero attached hydrogens (tertiary/aromatic N) is 2. The number of hydrogen-bond acceptors (Lipinski definition) is 5. The van der Waals surface area contributed by atoms with Gasteiger partial charge < -0.3 is 5.32 Å². The fourth-order valence-corrected chi connectivity index (χ4v) is 5.38. The summed E-state index contributed by atoms with van der Waals surface area (Å²) in [7, 11) is -3.63. The average molecular weight is 530 g/mol. The Hall–Kier alpha value is -2.75. The second-order valence-electron chi connectivity index (χ2n) is 7.36. The zero-order chi connectivity index (χ0) is 22.9. The van der Waals surface area contributed by atoms with Crippen molar-refractivity contribution in [1.82, 2.24) is 4.98 Å². The molecule has 3 aromatic carbocycles. The molecule has 1 heterocycles. The molecule has 0 aliphatic heterocycles. The van der Waals surface area contributed by atoms with Crippen LogP contribution in [-0.2, 0) is 14.8 Å². The van der Waals surface area contributed by atoms with Gasteiger partial charge in [-0.25, -0.2) is 13.4 Å². The predicted octanol–water partition coefficient (Wildman–Crippen LogP) is 5.44. The number of carbonyl (C=O) groups is 1. The first kappa shape index (κ1) is 22.4. The molecule has 1 N–H and O–H groups in total. The maximum Gasteiger partial charge on any atom is 0.245 e. The second-order valence-corrected chi connectivity index (χ2v) is 11.2. The van der Waals surface area contributed by atoms with Crippen molar-refractivity contribution in [1.29, 1.82) is 0 Å². The number of halogens is 1. The summed E-state index contributed by atoms with van der Waals surface area (Å²) in [5.74, 6) is -0.429. The zero-order valence-electron chi connectivity index (χ0n) is 17.4. The SMILES string of the molecule is Cc1ccc2nc(-c3ccc(NC(=O)CN(c4ccc(Br)cc4)S(C)(=O)=O)cc3)sc2c1. The van der Waals surface area contributed by atoms with Gasteiger partial charge in [0.15, 0.2) is 0 Å². The van der Waals surface area contributed by atoms with E-state index in [0.717, 1.165) is 35.8 Å². The van der Waals surface area contributed by atoms with Crippen molar-refractivity contribution in [2.75, 3.05) is 22.4 Å². The van der Waals surface area contributed by atoms with Gasteiger partial charge in [0.1, 0.15) is 11.6 Å². The van der Waals surface area contributed by atoms with Crippen LogP contribution in [0.25, 0.3) is 20.8 Å². The molecule has 0 atom stereocenters. The molecule has 6 nitrogen and oxygen atoms in total. The number of anilines is 2. The molecule has 4 rings (SSSR count). The van der Waals surface area contributed by atoms with E-state index < -0.39 is 15.9 Å². The van der Waals surface area contributed by atoms with Crippen LogP contribution in [0.3, 0.4) is 0 Å². The Morgan fingerprint density at radius 3 is 2.41 bits per heavy atom. The molecule has 32 heavy (non-hydrogen) atoms. The molecule has 0 fully saturated rings. The van der Waals surface area contributed by atoms with Gasteiger partial charge in [0.05, 0.1) is 22.2 Å². The Balaban J connectivity index is 1.48. The maximum atomic E-state index is 12.6. The van der Waals surface area contributed by atoms with E-state index in [1.807, 2.05) is 24.3 Å². The molecule has 0 aliphatic carbocycles. The normalized spacial score (nSPS) is 11.5. The van der Waals surface area contributed by atoms with Crippen LogP contribution in [-0.4, -0.2) is 32.1 Å². The number of hydrogen-bond donors (Lipinski definition) is 1. The highest BCUT2D eigenvalue weighted by Crippen LogP contribution is 2.31. The number of sulfonamides is 1. The molecule has 0 saturated carbocycles. The molecule has 0 bridgehead atoms. The van der Waals surface area contributed by atoms with Gasteiger partial charge in [-0.15, -0.1) is 11.3 Å². The van der Waals surface area contributed by atoms with Crippen LogP contribution in [0, 0.1) is 6.92 Å². The lowest BCUT2D eigenvalue weighted by Crippen LogP contribution is -2.37. The highest BCUT2D eigenvalue weighted by atomic mass is 79.9. The minimum atomic E-state index is -3.63. The van der Waals surface area contributed by atoms with Gasteiger partial charge in [0.25, 0.3) is 0 Å². The third kappa shape index (κ3) is 5.17. The van der Waals surface area contributed by atoms with Crippen LogP contribution in [0.4, 0.5) is 11.4 Å². The van der Waals surface area contributed by atoms with Crippen LogP contribution < -0.4 is 9.62 Å². The number of aryl methyl sites for hydroxylation is 1. The Kier molecular flexibility index (Phi) is 6.32. The van der Waals surface area contributed by atoms with Crippen molar-refractivity contribution >= 4 is 64.8 Å². The van der Waals surface area contributed by atoms with Gasteiger partial charge in [-0.3, -0.25) is 9.10 Å². The molecule has 0 unspecified atom stereocenters. The lowest BCUT2D eigenvalue weighted by Gasteiger charge is -2.22. The van der Waals surface area contributed by atoms with Crippen molar-refractivity contribution in [3.63, 3.8) is 0 Å². The Bertz CT molecular complexity index is 1380. The molecule has 9 heteroatoms. The second kappa shape index (κ2) is 9.01. The predicted molar refractivity (Wildman–Crippen MR) is 135 cm³/mol. The summed E-state index contributed by atoms with van der Waals surface area (Å²) in [6.45, 7) is 1.73. The summed E-state index contributed by atoms with van der Waals surface area (Å²) in [6, 6.07) is 20.3. The van der Waals surface area contributed by atoms with E-state index in [0.29, 0.717) is 11.4 Å². The number of nitrogens with one attached hydrogen (secondary N) is 1. The van der Waals surface area contributed by atoms with E-state index in [2.05, 4.69) is 39.2 Å². The first-order valence-corrected chi connectivity index (χ1v) is 13.2. The lowest BCUT2D eigenvalue weighted by atomic mass is 10.2. The molecular formula is C23H20BrN3O3S2. The smallest absolute Gasteiger partial charge is 0.245 e. The van der Waals surface area contributed by atoms with Gasteiger partial charge in [0, 0.05) is 15.7 Å². The molecule has 4 aromatic rings. The van der Waals surface area contributed by atoms with E-state index in [9.17, 15) is 13.2 Å². The number of thiazole rings is 1. The molecule has 1 amide bonds. The van der Waals surface area contributed by atoms with E-state index in [1.54, 1.807) is 47.7 Å². The number of aromatic nitrogens is 1. The quantitative estimate of drug-likeness (QED) is 0.360. The van der Waals surface area contributed by atoms with Gasteiger partial charge in [-0.05, 0) is 73.2 Å². The zero-order valence-corrected chi connectivity index (χ0v) is 20.6. The molecule has 0 aliphatic rings. The molecular weight excluding hydrogens is 510 g/mol. The van der Waals surface area contributed by atoms with Crippen LogP contribution in [0.2, 0.25) is 0 Å². The lowest BCUT2D eigenvalue weighted by molar-refractivity contribution is -0.114. The van der Waals surface area contributed by atoms with Crippen LogP contribution in [0.5, 0.6) is 0 Å². The van der Waals surface area contributed by atoms with Crippen LogP contribution in [0.1, 0.15) is 5.56 Å². The first-order valence-electron chi connectivity index (χ1n) is 9.70. The standard InChI is InChI=1S/C23H20BrN3O3S2/c1-15-3-12-20-21(13-15)31-23(26-20)16-4-8-18(9-5-16)25-22(28)14-27(32(2,29)30)19-10-6-17(24)7-11-19/h3-13H,14H2,1-2H3,(H,25,28). The highest BCUT2D eigenvalue weighted by molar-refractivity contribution is 9.10. The topological polar surface area (TPSA) is 79.4 Å². The van der Waals surface area contributed by atoms with Gasteiger partial charge >= 0.3 is 0 Å². The molecule has 0 saturated heterocycles. The summed E-state index contributed by atoms with van der Waals surface area (Å²) < 4.78 is 27.5. The van der Waals surface area contributed by atoms with Gasteiger partial charge in [0.2, 0.25) is 15.9 Å². The van der Waals surface area contributed by atoms with E-state index in [1.165, 1.54) is 5.56 Å². The van der Waals surface area contributed by atoms with E-state index in [-0.39, 0.29) is 6.54 Å². The Morgan fingerprint density at radius 2 is 1.75 bits per heavy atom. The third-order valence-corrected chi connectivity index (χ3v) is 7.50.